The van der Waals surface area contributed by atoms with Crippen LogP contribution in [0.1, 0.15) is 32.4 Å². The Kier molecular flexibility index (Phi) is 7.25. The third-order valence-electron chi connectivity index (χ3n) is 3.48. The fraction of sp³-hybridized carbons (Fsp3) is 0.562. The van der Waals surface area contributed by atoms with Crippen molar-refractivity contribution in [2.75, 3.05) is 20.2 Å². The first kappa shape index (κ1) is 19.7. The maximum atomic E-state index is 13.3. The van der Waals surface area contributed by atoms with Crippen molar-refractivity contribution < 1.29 is 19.0 Å². The van der Waals surface area contributed by atoms with E-state index in [1.54, 1.807) is 7.11 Å². The molecule has 0 heterocycles. The molecule has 3 N–H and O–H groups in total. The Morgan fingerprint density at radius 2 is 1.96 bits per heavy atom. The molecule has 130 valence electrons. The summed E-state index contributed by atoms with van der Waals surface area (Å²) >= 11 is 5.59. The molecule has 0 spiro atoms. The third kappa shape index (κ3) is 6.33. The Hall–Kier alpha value is -1.37. The summed E-state index contributed by atoms with van der Waals surface area (Å²) in [5.74, 6) is -0.610. The predicted octanol–water partition coefficient (Wildman–Crippen LogP) is 2.87. The van der Waals surface area contributed by atoms with Gasteiger partial charge in [0.1, 0.15) is 5.82 Å². The van der Waals surface area contributed by atoms with Crippen LogP contribution in [0.15, 0.2) is 18.2 Å². The average Bonchev–Trinajstić information content (AvgIpc) is 2.46. The highest BCUT2D eigenvalue weighted by Gasteiger charge is 2.24. The lowest BCUT2D eigenvalue weighted by Gasteiger charge is -2.29. The van der Waals surface area contributed by atoms with E-state index in [0.29, 0.717) is 12.1 Å². The summed E-state index contributed by atoms with van der Waals surface area (Å²) in [6, 6.07) is 3.59. The summed E-state index contributed by atoms with van der Waals surface area (Å²) in [5.41, 5.74) is 0.235. The largest absolute Gasteiger partial charge is 0.387 e. The Balaban J connectivity index is 2.45. The number of rotatable bonds is 6. The van der Waals surface area contributed by atoms with E-state index in [1.807, 2.05) is 20.8 Å². The van der Waals surface area contributed by atoms with E-state index in [9.17, 15) is 14.3 Å². The van der Waals surface area contributed by atoms with E-state index >= 15 is 0 Å². The Morgan fingerprint density at radius 3 is 2.48 bits per heavy atom. The topological polar surface area (TPSA) is 70.6 Å². The number of hydrogen-bond acceptors (Lipinski definition) is 3. The van der Waals surface area contributed by atoms with Crippen molar-refractivity contribution in [1.82, 2.24) is 10.6 Å². The van der Waals surface area contributed by atoms with Gasteiger partial charge in [0.15, 0.2) is 0 Å². The van der Waals surface area contributed by atoms with Gasteiger partial charge < -0.3 is 20.5 Å². The Morgan fingerprint density at radius 1 is 1.35 bits per heavy atom. The van der Waals surface area contributed by atoms with Gasteiger partial charge in [-0.1, -0.05) is 38.4 Å². The number of ether oxygens (including phenoxy) is 1. The number of methoxy groups -OCH3 is 1. The number of benzene rings is 1. The van der Waals surface area contributed by atoms with Crippen molar-refractivity contribution in [3.05, 3.63) is 34.6 Å². The lowest BCUT2D eigenvalue weighted by molar-refractivity contribution is 0.0193. The van der Waals surface area contributed by atoms with Crippen LogP contribution >= 0.6 is 11.6 Å². The van der Waals surface area contributed by atoms with Gasteiger partial charge in [-0.15, -0.1) is 0 Å². The molecule has 0 radical (unpaired) electrons. The molecule has 0 bridgehead atoms. The molecule has 0 fully saturated rings. The first-order valence-electron chi connectivity index (χ1n) is 7.32. The molecule has 1 aromatic carbocycles. The predicted molar refractivity (Wildman–Crippen MR) is 88.0 cm³/mol. The average molecular weight is 347 g/mol. The molecule has 7 heteroatoms. The van der Waals surface area contributed by atoms with Crippen LogP contribution in [-0.2, 0) is 4.74 Å². The molecule has 0 saturated heterocycles. The highest BCUT2D eigenvalue weighted by molar-refractivity contribution is 6.30. The number of carbonyl (C=O) groups excluding carboxylic acids is 1. The highest BCUT2D eigenvalue weighted by Crippen LogP contribution is 2.21. The molecular weight excluding hydrogens is 323 g/mol. The van der Waals surface area contributed by atoms with Crippen molar-refractivity contribution >= 4 is 17.6 Å². The van der Waals surface area contributed by atoms with Gasteiger partial charge in [-0.25, -0.2) is 9.18 Å². The zero-order valence-electron chi connectivity index (χ0n) is 13.8. The summed E-state index contributed by atoms with van der Waals surface area (Å²) in [7, 11) is 1.59. The minimum atomic E-state index is -1.02. The third-order valence-corrected chi connectivity index (χ3v) is 3.79. The first-order chi connectivity index (χ1) is 10.6. The van der Waals surface area contributed by atoms with Crippen LogP contribution < -0.4 is 10.6 Å². The maximum Gasteiger partial charge on any atom is 0.314 e. The van der Waals surface area contributed by atoms with E-state index < -0.39 is 18.0 Å². The summed E-state index contributed by atoms with van der Waals surface area (Å²) < 4.78 is 18.7. The van der Waals surface area contributed by atoms with Crippen LogP contribution in [0.5, 0.6) is 0 Å². The van der Waals surface area contributed by atoms with E-state index in [4.69, 9.17) is 16.3 Å². The maximum absolute atomic E-state index is 13.3. The Bertz CT molecular complexity index is 535. The SMILES string of the molecule is COC(CNC(=O)NCC(O)c1ccc(Cl)c(F)c1)C(C)(C)C. The summed E-state index contributed by atoms with van der Waals surface area (Å²) in [6.45, 7) is 6.34. The molecule has 2 atom stereocenters. The first-order valence-corrected chi connectivity index (χ1v) is 7.70. The van der Waals surface area contributed by atoms with Crippen molar-refractivity contribution in [1.29, 1.82) is 0 Å². The van der Waals surface area contributed by atoms with E-state index in [1.165, 1.54) is 12.1 Å². The van der Waals surface area contributed by atoms with Crippen molar-refractivity contribution in [3.63, 3.8) is 0 Å². The number of carbonyl (C=O) groups is 1. The van der Waals surface area contributed by atoms with E-state index in [2.05, 4.69) is 10.6 Å². The van der Waals surface area contributed by atoms with Gasteiger partial charge in [0.05, 0.1) is 17.2 Å². The Labute approximate surface area is 141 Å². The van der Waals surface area contributed by atoms with Crippen molar-refractivity contribution in [2.24, 2.45) is 5.41 Å². The molecule has 0 aliphatic rings. The summed E-state index contributed by atoms with van der Waals surface area (Å²) in [4.78, 5) is 11.8. The number of aliphatic hydroxyl groups excluding tert-OH is 1. The fourth-order valence-electron chi connectivity index (χ4n) is 2.02. The van der Waals surface area contributed by atoms with Crippen molar-refractivity contribution in [2.45, 2.75) is 33.0 Å². The number of nitrogens with one attached hydrogen (secondary N) is 2. The van der Waals surface area contributed by atoms with Gasteiger partial charge in [0, 0.05) is 20.2 Å². The molecule has 0 aromatic heterocycles. The highest BCUT2D eigenvalue weighted by atomic mass is 35.5. The molecule has 0 aliphatic heterocycles. The van der Waals surface area contributed by atoms with E-state index in [0.717, 1.165) is 6.07 Å². The number of amides is 2. The second kappa shape index (κ2) is 8.47. The minimum absolute atomic E-state index is 0.0144. The standard InChI is InChI=1S/C16H24ClFN2O3/c1-16(2,3)14(23-4)9-20-15(22)19-8-13(21)10-5-6-11(17)12(18)7-10/h5-7,13-14,21H,8-9H2,1-4H3,(H2,19,20,22). The van der Waals surface area contributed by atoms with Gasteiger partial charge in [-0.3, -0.25) is 0 Å². The van der Waals surface area contributed by atoms with Crippen LogP contribution in [0.2, 0.25) is 5.02 Å². The summed E-state index contributed by atoms with van der Waals surface area (Å²) in [6.07, 6.45) is -1.16. The van der Waals surface area contributed by atoms with E-state index in [-0.39, 0.29) is 23.1 Å². The number of hydrogen-bond donors (Lipinski definition) is 3. The van der Waals surface area contributed by atoms with Gasteiger partial charge in [-0.2, -0.15) is 0 Å². The molecule has 2 unspecified atom stereocenters. The summed E-state index contributed by atoms with van der Waals surface area (Å²) in [5, 5.41) is 15.2. The molecule has 0 saturated carbocycles. The van der Waals surface area contributed by atoms with Crippen LogP contribution in [0.3, 0.4) is 0 Å². The molecule has 5 nitrogen and oxygen atoms in total. The van der Waals surface area contributed by atoms with Crippen LogP contribution in [0.25, 0.3) is 0 Å². The molecule has 1 aromatic rings. The number of aliphatic hydroxyl groups is 1. The van der Waals surface area contributed by atoms with Gasteiger partial charge >= 0.3 is 6.03 Å². The van der Waals surface area contributed by atoms with Crippen LogP contribution in [0.4, 0.5) is 9.18 Å². The second-order valence-corrected chi connectivity index (χ2v) is 6.78. The molecule has 0 aliphatic carbocycles. The lowest BCUT2D eigenvalue weighted by atomic mass is 9.89. The lowest BCUT2D eigenvalue weighted by Crippen LogP contribution is -2.45. The number of halogens is 2. The second-order valence-electron chi connectivity index (χ2n) is 6.37. The monoisotopic (exact) mass is 346 g/mol. The van der Waals surface area contributed by atoms with Gasteiger partial charge in [-0.05, 0) is 23.1 Å². The molecule has 1 rings (SSSR count). The molecule has 2 amide bonds. The quantitative estimate of drug-likeness (QED) is 0.741. The fourth-order valence-corrected chi connectivity index (χ4v) is 2.14. The molecule has 23 heavy (non-hydrogen) atoms. The zero-order chi connectivity index (χ0) is 17.6. The van der Waals surface area contributed by atoms with Crippen LogP contribution in [0, 0.1) is 11.2 Å². The van der Waals surface area contributed by atoms with Gasteiger partial charge in [0.25, 0.3) is 0 Å². The number of urea groups is 1. The van der Waals surface area contributed by atoms with Crippen LogP contribution in [-0.4, -0.2) is 37.4 Å². The van der Waals surface area contributed by atoms with Crippen molar-refractivity contribution in [3.8, 4) is 0 Å². The smallest absolute Gasteiger partial charge is 0.314 e. The minimum Gasteiger partial charge on any atom is -0.387 e. The van der Waals surface area contributed by atoms with Gasteiger partial charge in [0.2, 0.25) is 0 Å². The molecular formula is C16H24ClFN2O3. The zero-order valence-corrected chi connectivity index (χ0v) is 14.6. The normalized spacial score (nSPS) is 14.2.